The van der Waals surface area contributed by atoms with Gasteiger partial charge >= 0.3 is 0 Å². The Morgan fingerprint density at radius 3 is 2.58 bits per heavy atom. The van der Waals surface area contributed by atoms with Crippen LogP contribution in [0.15, 0.2) is 29.2 Å². The Morgan fingerprint density at radius 1 is 1.32 bits per heavy atom. The maximum atomic E-state index is 13.7. The molecule has 6 heteroatoms. The lowest BCUT2D eigenvalue weighted by atomic mass is 10.2. The Bertz CT molecular complexity index is 547. The normalized spacial score (nSPS) is 22.6. The van der Waals surface area contributed by atoms with E-state index in [2.05, 4.69) is 11.8 Å². The predicted octanol–water partition coefficient (Wildman–Crippen LogP) is 1.54. The first-order chi connectivity index (χ1) is 8.96. The van der Waals surface area contributed by atoms with Gasteiger partial charge < -0.3 is 0 Å². The quantitative estimate of drug-likeness (QED) is 0.846. The molecule has 0 spiro atoms. The van der Waals surface area contributed by atoms with Crippen molar-refractivity contribution in [2.24, 2.45) is 0 Å². The molecular weight excluding hydrogens is 267 g/mol. The zero-order chi connectivity index (χ0) is 14.0. The summed E-state index contributed by atoms with van der Waals surface area (Å²) in [7, 11) is -3.73. The van der Waals surface area contributed by atoms with Gasteiger partial charge in [0.15, 0.2) is 0 Å². The maximum absolute atomic E-state index is 13.7. The van der Waals surface area contributed by atoms with Crippen molar-refractivity contribution in [2.75, 3.05) is 26.2 Å². The first-order valence-electron chi connectivity index (χ1n) is 6.45. The van der Waals surface area contributed by atoms with Crippen molar-refractivity contribution in [3.8, 4) is 0 Å². The average molecular weight is 286 g/mol. The lowest BCUT2D eigenvalue weighted by molar-refractivity contribution is 0.135. The van der Waals surface area contributed by atoms with Gasteiger partial charge in [0.25, 0.3) is 0 Å². The van der Waals surface area contributed by atoms with Crippen LogP contribution >= 0.6 is 0 Å². The summed E-state index contributed by atoms with van der Waals surface area (Å²) in [6.45, 7) is 6.45. The minimum atomic E-state index is -3.73. The Hall–Kier alpha value is -0.980. The lowest BCUT2D eigenvalue weighted by Gasteiger charge is -2.38. The van der Waals surface area contributed by atoms with Crippen molar-refractivity contribution < 1.29 is 12.8 Å². The zero-order valence-electron chi connectivity index (χ0n) is 11.2. The molecule has 19 heavy (non-hydrogen) atoms. The highest BCUT2D eigenvalue weighted by Crippen LogP contribution is 2.21. The van der Waals surface area contributed by atoms with Crippen LogP contribution in [0.1, 0.15) is 13.8 Å². The number of hydrogen-bond donors (Lipinski definition) is 0. The van der Waals surface area contributed by atoms with E-state index < -0.39 is 15.8 Å². The van der Waals surface area contributed by atoms with Crippen LogP contribution in [0.3, 0.4) is 0 Å². The lowest BCUT2D eigenvalue weighted by Crippen LogP contribution is -2.53. The average Bonchev–Trinajstić information content (AvgIpc) is 2.39. The van der Waals surface area contributed by atoms with Gasteiger partial charge in [0.1, 0.15) is 10.7 Å². The largest absolute Gasteiger partial charge is 0.298 e. The Morgan fingerprint density at radius 2 is 2.00 bits per heavy atom. The van der Waals surface area contributed by atoms with E-state index in [-0.39, 0.29) is 10.9 Å². The molecule has 1 aliphatic rings. The van der Waals surface area contributed by atoms with Gasteiger partial charge in [-0.15, -0.1) is 0 Å². The standard InChI is InChI=1S/C13H19FN2O2S/c1-3-15-8-9-16(10-11(15)2)19(17,18)13-7-5-4-6-12(13)14/h4-7,11H,3,8-10H2,1-2H3. The summed E-state index contributed by atoms with van der Waals surface area (Å²) in [4.78, 5) is 1.99. The van der Waals surface area contributed by atoms with Crippen molar-refractivity contribution in [3.63, 3.8) is 0 Å². The molecule has 1 aliphatic heterocycles. The van der Waals surface area contributed by atoms with Gasteiger partial charge in [0.2, 0.25) is 10.0 Å². The van der Waals surface area contributed by atoms with Crippen LogP contribution < -0.4 is 0 Å². The molecule has 0 aromatic heterocycles. The number of halogens is 1. The second-order valence-electron chi connectivity index (χ2n) is 4.77. The zero-order valence-corrected chi connectivity index (χ0v) is 12.0. The SMILES string of the molecule is CCN1CCN(S(=O)(=O)c2ccccc2F)CC1C. The molecule has 1 fully saturated rings. The molecule has 1 heterocycles. The fourth-order valence-corrected chi connectivity index (χ4v) is 4.02. The topological polar surface area (TPSA) is 40.6 Å². The van der Waals surface area contributed by atoms with Gasteiger partial charge in [-0.25, -0.2) is 12.8 Å². The van der Waals surface area contributed by atoms with E-state index in [1.165, 1.54) is 22.5 Å². The summed E-state index contributed by atoms with van der Waals surface area (Å²) in [5.41, 5.74) is 0. The van der Waals surface area contributed by atoms with E-state index in [0.29, 0.717) is 19.6 Å². The Balaban J connectivity index is 2.25. The van der Waals surface area contributed by atoms with Crippen LogP contribution in [-0.2, 0) is 10.0 Å². The summed E-state index contributed by atoms with van der Waals surface area (Å²) in [5.74, 6) is -0.687. The number of likely N-dealkylation sites (N-methyl/N-ethyl adjacent to an activating group) is 1. The Labute approximate surface area is 113 Å². The molecule has 0 bridgehead atoms. The van der Waals surface area contributed by atoms with E-state index in [1.807, 2.05) is 6.92 Å². The summed E-state index contributed by atoms with van der Waals surface area (Å²) < 4.78 is 39.9. The predicted molar refractivity (Wildman–Crippen MR) is 71.9 cm³/mol. The van der Waals surface area contributed by atoms with Crippen LogP contribution in [0.4, 0.5) is 4.39 Å². The van der Waals surface area contributed by atoms with Gasteiger partial charge in [0, 0.05) is 25.7 Å². The molecule has 0 saturated carbocycles. The summed E-state index contributed by atoms with van der Waals surface area (Å²) in [6, 6.07) is 5.69. The molecule has 0 N–H and O–H groups in total. The van der Waals surface area contributed by atoms with Crippen molar-refractivity contribution in [2.45, 2.75) is 24.8 Å². The monoisotopic (exact) mass is 286 g/mol. The van der Waals surface area contributed by atoms with Crippen LogP contribution in [-0.4, -0.2) is 49.8 Å². The van der Waals surface area contributed by atoms with Gasteiger partial charge in [-0.2, -0.15) is 4.31 Å². The van der Waals surface area contributed by atoms with Crippen molar-refractivity contribution in [1.29, 1.82) is 0 Å². The molecular formula is C13H19FN2O2S. The number of hydrogen-bond acceptors (Lipinski definition) is 3. The summed E-state index contributed by atoms with van der Waals surface area (Å²) in [6.07, 6.45) is 0. The number of rotatable bonds is 3. The molecule has 106 valence electrons. The smallest absolute Gasteiger partial charge is 0.246 e. The van der Waals surface area contributed by atoms with Crippen molar-refractivity contribution >= 4 is 10.0 Å². The second kappa shape index (κ2) is 5.56. The van der Waals surface area contributed by atoms with Crippen LogP contribution in [0.2, 0.25) is 0 Å². The molecule has 1 aromatic rings. The number of piperazine rings is 1. The second-order valence-corrected chi connectivity index (χ2v) is 6.68. The number of nitrogens with zero attached hydrogens (tertiary/aromatic N) is 2. The minimum Gasteiger partial charge on any atom is -0.298 e. The molecule has 1 unspecified atom stereocenters. The van der Waals surface area contributed by atoms with Crippen molar-refractivity contribution in [1.82, 2.24) is 9.21 Å². The third kappa shape index (κ3) is 2.80. The minimum absolute atomic E-state index is 0.153. The fourth-order valence-electron chi connectivity index (χ4n) is 2.44. The number of benzene rings is 1. The maximum Gasteiger partial charge on any atom is 0.246 e. The molecule has 0 radical (unpaired) electrons. The molecule has 1 atom stereocenters. The van der Waals surface area contributed by atoms with Gasteiger partial charge in [-0.3, -0.25) is 4.90 Å². The molecule has 4 nitrogen and oxygen atoms in total. The van der Waals surface area contributed by atoms with Gasteiger partial charge in [-0.05, 0) is 25.6 Å². The van der Waals surface area contributed by atoms with Crippen LogP contribution in [0.25, 0.3) is 0 Å². The van der Waals surface area contributed by atoms with E-state index in [1.54, 1.807) is 6.07 Å². The number of sulfonamides is 1. The summed E-state index contributed by atoms with van der Waals surface area (Å²) in [5, 5.41) is 0. The molecule has 0 aliphatic carbocycles. The highest BCUT2D eigenvalue weighted by Gasteiger charge is 2.32. The first-order valence-corrected chi connectivity index (χ1v) is 7.89. The van der Waals surface area contributed by atoms with Gasteiger partial charge in [0.05, 0.1) is 0 Å². The Kier molecular flexibility index (Phi) is 4.23. The fraction of sp³-hybridized carbons (Fsp3) is 0.538. The summed E-state index contributed by atoms with van der Waals surface area (Å²) >= 11 is 0. The van der Waals surface area contributed by atoms with Crippen molar-refractivity contribution in [3.05, 3.63) is 30.1 Å². The molecule has 2 rings (SSSR count). The van der Waals surface area contributed by atoms with Gasteiger partial charge in [-0.1, -0.05) is 19.1 Å². The third-order valence-corrected chi connectivity index (χ3v) is 5.49. The first kappa shape index (κ1) is 14.4. The highest BCUT2D eigenvalue weighted by atomic mass is 32.2. The third-order valence-electron chi connectivity index (χ3n) is 3.59. The van der Waals surface area contributed by atoms with Crippen LogP contribution in [0, 0.1) is 5.82 Å². The van der Waals surface area contributed by atoms with E-state index in [9.17, 15) is 12.8 Å². The van der Waals surface area contributed by atoms with E-state index in [0.717, 1.165) is 6.54 Å². The molecule has 0 amide bonds. The van der Waals surface area contributed by atoms with E-state index in [4.69, 9.17) is 0 Å². The molecule has 1 aromatic carbocycles. The highest BCUT2D eigenvalue weighted by molar-refractivity contribution is 7.89. The van der Waals surface area contributed by atoms with Crippen LogP contribution in [0.5, 0.6) is 0 Å². The van der Waals surface area contributed by atoms with E-state index >= 15 is 0 Å². The molecule has 1 saturated heterocycles.